The van der Waals surface area contributed by atoms with Gasteiger partial charge in [-0.05, 0) is 17.7 Å². The van der Waals surface area contributed by atoms with Crippen molar-refractivity contribution in [3.8, 4) is 5.75 Å². The fourth-order valence-electron chi connectivity index (χ4n) is 4.95. The average molecular weight is 396 g/mol. The molecule has 0 bridgehead atoms. The number of carbonyl (C=O) groups excluding carboxylic acids is 2. The Hall–Kier alpha value is -2.93. The number of carbonyl (C=O) groups is 2. The van der Waals surface area contributed by atoms with Crippen LogP contribution in [0.5, 0.6) is 5.75 Å². The van der Waals surface area contributed by atoms with Crippen LogP contribution in [-0.4, -0.2) is 53.6 Å². The van der Waals surface area contributed by atoms with Crippen molar-refractivity contribution in [3.05, 3.63) is 65.5 Å². The molecule has 0 radical (unpaired) electrons. The number of hydrogen-bond donors (Lipinski definition) is 0. The molecule has 150 valence electrons. The van der Waals surface area contributed by atoms with Gasteiger partial charge < -0.3 is 19.3 Å². The Morgan fingerprint density at radius 3 is 2.76 bits per heavy atom. The van der Waals surface area contributed by atoms with Gasteiger partial charge in [0.25, 0.3) is 5.91 Å². The first-order valence-electron chi connectivity index (χ1n) is 9.72. The van der Waals surface area contributed by atoms with Crippen LogP contribution in [-0.2, 0) is 9.53 Å². The minimum atomic E-state index is -0.812. The third kappa shape index (κ3) is 2.57. The zero-order valence-electron chi connectivity index (χ0n) is 16.0. The zero-order valence-corrected chi connectivity index (χ0v) is 16.0. The van der Waals surface area contributed by atoms with Crippen LogP contribution in [0.3, 0.4) is 0 Å². The van der Waals surface area contributed by atoms with Crippen molar-refractivity contribution in [2.75, 3.05) is 20.2 Å². The van der Waals surface area contributed by atoms with Gasteiger partial charge in [0.1, 0.15) is 6.10 Å². The van der Waals surface area contributed by atoms with E-state index in [9.17, 15) is 14.0 Å². The molecule has 0 aliphatic carbocycles. The molecule has 0 N–H and O–H groups in total. The van der Waals surface area contributed by atoms with Crippen LogP contribution in [0.15, 0.2) is 48.5 Å². The van der Waals surface area contributed by atoms with Crippen molar-refractivity contribution in [1.29, 1.82) is 0 Å². The number of nitrogens with zero attached hydrogens (tertiary/aromatic N) is 2. The summed E-state index contributed by atoms with van der Waals surface area (Å²) in [5.41, 5.74) is 0.362. The first kappa shape index (κ1) is 18.1. The highest BCUT2D eigenvalue weighted by atomic mass is 19.1. The first-order valence-corrected chi connectivity index (χ1v) is 9.72. The zero-order chi connectivity index (χ0) is 20.2. The van der Waals surface area contributed by atoms with Crippen LogP contribution in [0.25, 0.3) is 0 Å². The molecular weight excluding hydrogens is 375 g/mol. The van der Waals surface area contributed by atoms with Gasteiger partial charge in [-0.1, -0.05) is 36.4 Å². The second-order valence-corrected chi connectivity index (χ2v) is 7.66. The van der Waals surface area contributed by atoms with Crippen LogP contribution >= 0.6 is 0 Å². The van der Waals surface area contributed by atoms with Gasteiger partial charge >= 0.3 is 0 Å². The molecule has 1 spiro atoms. The highest BCUT2D eigenvalue weighted by Gasteiger charge is 2.65. The molecule has 3 atom stereocenters. The first-order chi connectivity index (χ1) is 14.0. The van der Waals surface area contributed by atoms with Crippen molar-refractivity contribution in [2.24, 2.45) is 0 Å². The predicted molar refractivity (Wildman–Crippen MR) is 102 cm³/mol. The van der Waals surface area contributed by atoms with Crippen LogP contribution in [0, 0.1) is 5.82 Å². The number of benzene rings is 2. The summed E-state index contributed by atoms with van der Waals surface area (Å²) in [7, 11) is 1.34. The lowest BCUT2D eigenvalue weighted by Gasteiger charge is -2.32. The molecule has 2 aromatic rings. The molecule has 3 heterocycles. The molecule has 3 fully saturated rings. The van der Waals surface area contributed by atoms with Gasteiger partial charge in [-0.2, -0.15) is 0 Å². The molecular formula is C22H21FN2O4. The molecule has 0 saturated carbocycles. The highest BCUT2D eigenvalue weighted by Crippen LogP contribution is 2.51. The lowest BCUT2D eigenvalue weighted by Crippen LogP contribution is -2.48. The third-order valence-electron chi connectivity index (χ3n) is 6.26. The molecule has 2 amide bonds. The van der Waals surface area contributed by atoms with E-state index >= 15 is 0 Å². The summed E-state index contributed by atoms with van der Waals surface area (Å²) in [5.74, 6) is -1.02. The molecule has 0 unspecified atom stereocenters. The van der Waals surface area contributed by atoms with Gasteiger partial charge in [0.2, 0.25) is 5.91 Å². The summed E-state index contributed by atoms with van der Waals surface area (Å²) in [6.45, 7) is 0.916. The van der Waals surface area contributed by atoms with E-state index in [0.29, 0.717) is 19.5 Å². The minimum Gasteiger partial charge on any atom is -0.493 e. The lowest BCUT2D eigenvalue weighted by atomic mass is 10.1. The second-order valence-electron chi connectivity index (χ2n) is 7.66. The standard InChI is InChI=1S/C22H21FN2O4/c1-28-20-15(8-5-9-16(20)23)21(27)24-11-10-22-18(24)12-19(26)25(22)13-17(29-22)14-6-3-2-4-7-14/h2-9,17-18H,10-13H2,1H3/t17-,18-,22+/m1/s1. The molecule has 3 aliphatic rings. The fraction of sp³-hybridized carbons (Fsp3) is 0.364. The summed E-state index contributed by atoms with van der Waals surface area (Å²) >= 11 is 0. The summed E-state index contributed by atoms with van der Waals surface area (Å²) in [6, 6.07) is 13.7. The topological polar surface area (TPSA) is 59.1 Å². The monoisotopic (exact) mass is 396 g/mol. The van der Waals surface area contributed by atoms with E-state index in [4.69, 9.17) is 9.47 Å². The van der Waals surface area contributed by atoms with E-state index < -0.39 is 17.6 Å². The van der Waals surface area contributed by atoms with Gasteiger partial charge in [0.15, 0.2) is 17.3 Å². The highest BCUT2D eigenvalue weighted by molar-refractivity contribution is 5.98. The number of halogens is 1. The van der Waals surface area contributed by atoms with Crippen molar-refractivity contribution >= 4 is 11.8 Å². The molecule has 0 aromatic heterocycles. The Kier molecular flexibility index (Phi) is 4.10. The van der Waals surface area contributed by atoms with Crippen LogP contribution in [0.2, 0.25) is 0 Å². The molecule has 7 heteroatoms. The normalized spacial score (nSPS) is 27.9. The molecule has 29 heavy (non-hydrogen) atoms. The van der Waals surface area contributed by atoms with Crippen molar-refractivity contribution in [1.82, 2.24) is 9.80 Å². The van der Waals surface area contributed by atoms with Gasteiger partial charge in [-0.3, -0.25) is 9.59 Å². The van der Waals surface area contributed by atoms with E-state index in [1.54, 1.807) is 15.9 Å². The van der Waals surface area contributed by atoms with Crippen molar-refractivity contribution in [3.63, 3.8) is 0 Å². The maximum atomic E-state index is 14.1. The maximum Gasteiger partial charge on any atom is 0.258 e. The second kappa shape index (κ2) is 6.56. The van der Waals surface area contributed by atoms with Crippen LogP contribution in [0.1, 0.15) is 34.9 Å². The average Bonchev–Trinajstić information content (AvgIpc) is 3.36. The van der Waals surface area contributed by atoms with E-state index in [2.05, 4.69) is 0 Å². The molecule has 5 rings (SSSR count). The minimum absolute atomic E-state index is 0.0165. The number of methoxy groups -OCH3 is 1. The largest absolute Gasteiger partial charge is 0.493 e. The smallest absolute Gasteiger partial charge is 0.258 e. The molecule has 2 aromatic carbocycles. The Morgan fingerprint density at radius 2 is 2.00 bits per heavy atom. The number of amides is 2. The number of rotatable bonds is 3. The number of para-hydroxylation sites is 1. The molecule has 3 aliphatic heterocycles. The Balaban J connectivity index is 1.46. The van der Waals surface area contributed by atoms with Crippen molar-refractivity contribution < 1.29 is 23.5 Å². The van der Waals surface area contributed by atoms with E-state index in [1.807, 2.05) is 30.3 Å². The lowest BCUT2D eigenvalue weighted by molar-refractivity contribution is -0.138. The Bertz CT molecular complexity index is 982. The van der Waals surface area contributed by atoms with E-state index in [1.165, 1.54) is 19.2 Å². The SMILES string of the molecule is COc1c(F)cccc1C(=O)N1CC[C@@]23O[C@@H](c4ccccc4)CN2C(=O)C[C@@H]13. The predicted octanol–water partition coefficient (Wildman–Crippen LogP) is 2.75. The summed E-state index contributed by atoms with van der Waals surface area (Å²) in [4.78, 5) is 29.4. The fourth-order valence-corrected chi connectivity index (χ4v) is 4.95. The van der Waals surface area contributed by atoms with Crippen molar-refractivity contribution in [2.45, 2.75) is 30.7 Å². The van der Waals surface area contributed by atoms with E-state index in [0.717, 1.165) is 5.56 Å². The summed E-state index contributed by atoms with van der Waals surface area (Å²) in [6.07, 6.45) is 0.530. The number of hydrogen-bond acceptors (Lipinski definition) is 4. The molecule has 3 saturated heterocycles. The maximum absolute atomic E-state index is 14.1. The number of ether oxygens (including phenoxy) is 2. The van der Waals surface area contributed by atoms with Crippen LogP contribution in [0.4, 0.5) is 4.39 Å². The van der Waals surface area contributed by atoms with Crippen LogP contribution < -0.4 is 4.74 Å². The summed E-state index contributed by atoms with van der Waals surface area (Å²) < 4.78 is 25.7. The molecule has 6 nitrogen and oxygen atoms in total. The Morgan fingerprint density at radius 1 is 1.21 bits per heavy atom. The van der Waals surface area contributed by atoms with Gasteiger partial charge in [0.05, 0.1) is 31.7 Å². The van der Waals surface area contributed by atoms with Gasteiger partial charge in [0, 0.05) is 13.0 Å². The Labute approximate surface area is 167 Å². The van der Waals surface area contributed by atoms with E-state index in [-0.39, 0.29) is 35.7 Å². The van der Waals surface area contributed by atoms with Gasteiger partial charge in [-0.15, -0.1) is 0 Å². The van der Waals surface area contributed by atoms with Gasteiger partial charge in [-0.25, -0.2) is 4.39 Å². The quantitative estimate of drug-likeness (QED) is 0.801. The summed E-state index contributed by atoms with van der Waals surface area (Å²) in [5, 5.41) is 0. The third-order valence-corrected chi connectivity index (χ3v) is 6.26. The number of likely N-dealkylation sites (tertiary alicyclic amines) is 1.